The molecule has 0 aliphatic rings. The number of carbonyl (C=O) groups is 2. The SMILES string of the molecule is CC[C@@H](C)c1ccc(NC(=O)COC(=O)c2cc(S(N)(=O)=O)ccc2OC)cc1. The van der Waals surface area contributed by atoms with Gasteiger partial charge in [-0.15, -0.1) is 0 Å². The van der Waals surface area contributed by atoms with Crippen LogP contribution in [0.15, 0.2) is 47.4 Å². The first-order valence-corrected chi connectivity index (χ1v) is 10.5. The summed E-state index contributed by atoms with van der Waals surface area (Å²) in [6.45, 7) is 3.67. The number of ether oxygens (including phenoxy) is 2. The summed E-state index contributed by atoms with van der Waals surface area (Å²) in [5.74, 6) is -0.918. The smallest absolute Gasteiger partial charge is 0.342 e. The minimum absolute atomic E-state index is 0.100. The van der Waals surface area contributed by atoms with Gasteiger partial charge in [0.15, 0.2) is 6.61 Å². The lowest BCUT2D eigenvalue weighted by molar-refractivity contribution is -0.119. The van der Waals surface area contributed by atoms with Crippen LogP contribution in [0.3, 0.4) is 0 Å². The van der Waals surface area contributed by atoms with Crippen LogP contribution in [0.1, 0.15) is 42.1 Å². The number of esters is 1. The van der Waals surface area contributed by atoms with Crippen molar-refractivity contribution in [2.45, 2.75) is 31.1 Å². The molecule has 0 saturated heterocycles. The maximum atomic E-state index is 12.3. The first kappa shape index (κ1) is 22.4. The number of hydrogen-bond donors (Lipinski definition) is 2. The molecule has 29 heavy (non-hydrogen) atoms. The van der Waals surface area contributed by atoms with E-state index in [1.165, 1.54) is 24.8 Å². The van der Waals surface area contributed by atoms with E-state index in [9.17, 15) is 18.0 Å². The Morgan fingerprint density at radius 3 is 2.34 bits per heavy atom. The molecule has 3 N–H and O–H groups in total. The van der Waals surface area contributed by atoms with Gasteiger partial charge in [-0.1, -0.05) is 26.0 Å². The number of methoxy groups -OCH3 is 1. The van der Waals surface area contributed by atoms with Crippen LogP contribution in [0, 0.1) is 0 Å². The normalized spacial score (nSPS) is 12.1. The van der Waals surface area contributed by atoms with Gasteiger partial charge in [-0.25, -0.2) is 18.4 Å². The minimum Gasteiger partial charge on any atom is -0.496 e. The Balaban J connectivity index is 2.02. The predicted octanol–water partition coefficient (Wildman–Crippen LogP) is 2.65. The van der Waals surface area contributed by atoms with E-state index in [0.29, 0.717) is 11.6 Å². The van der Waals surface area contributed by atoms with Crippen LogP contribution in [0.25, 0.3) is 0 Å². The summed E-state index contributed by atoms with van der Waals surface area (Å²) < 4.78 is 33.0. The van der Waals surface area contributed by atoms with Crippen molar-refractivity contribution in [1.29, 1.82) is 0 Å². The summed E-state index contributed by atoms with van der Waals surface area (Å²) in [6, 6.07) is 11.0. The monoisotopic (exact) mass is 420 g/mol. The molecule has 8 nitrogen and oxygen atoms in total. The number of primary sulfonamides is 1. The summed E-state index contributed by atoms with van der Waals surface area (Å²) in [7, 11) is -2.69. The van der Waals surface area contributed by atoms with Gasteiger partial charge in [0, 0.05) is 5.69 Å². The maximum absolute atomic E-state index is 12.3. The number of sulfonamides is 1. The molecular formula is C20H24N2O6S. The fraction of sp³-hybridized carbons (Fsp3) is 0.300. The molecule has 1 atom stereocenters. The number of nitrogens with two attached hydrogens (primary N) is 1. The van der Waals surface area contributed by atoms with Crippen molar-refractivity contribution in [2.24, 2.45) is 5.14 Å². The molecule has 9 heteroatoms. The molecule has 0 radical (unpaired) electrons. The van der Waals surface area contributed by atoms with E-state index in [1.54, 1.807) is 12.1 Å². The largest absolute Gasteiger partial charge is 0.496 e. The first-order chi connectivity index (χ1) is 13.7. The highest BCUT2D eigenvalue weighted by Gasteiger charge is 2.19. The molecule has 156 valence electrons. The van der Waals surface area contributed by atoms with Crippen LogP contribution in [0.5, 0.6) is 5.75 Å². The third kappa shape index (κ3) is 6.03. The Kier molecular flexibility index (Phi) is 7.35. The second-order valence-electron chi connectivity index (χ2n) is 6.46. The zero-order valence-corrected chi connectivity index (χ0v) is 17.3. The van der Waals surface area contributed by atoms with E-state index in [-0.39, 0.29) is 16.2 Å². The van der Waals surface area contributed by atoms with Crippen LogP contribution in [-0.2, 0) is 19.6 Å². The van der Waals surface area contributed by atoms with Crippen molar-refractivity contribution >= 4 is 27.6 Å². The number of amides is 1. The second kappa shape index (κ2) is 9.53. The quantitative estimate of drug-likeness (QED) is 0.633. The van der Waals surface area contributed by atoms with Crippen LogP contribution in [0.4, 0.5) is 5.69 Å². The minimum atomic E-state index is -4.01. The fourth-order valence-electron chi connectivity index (χ4n) is 2.56. The molecule has 2 rings (SSSR count). The van der Waals surface area contributed by atoms with Gasteiger partial charge in [0.05, 0.1) is 12.0 Å². The molecule has 2 aromatic rings. The van der Waals surface area contributed by atoms with Gasteiger partial charge in [0.2, 0.25) is 10.0 Å². The Hall–Kier alpha value is -2.91. The summed E-state index contributed by atoms with van der Waals surface area (Å²) in [5.41, 5.74) is 1.59. The summed E-state index contributed by atoms with van der Waals surface area (Å²) in [6.07, 6.45) is 1.01. The van der Waals surface area contributed by atoms with Gasteiger partial charge in [-0.3, -0.25) is 4.79 Å². The highest BCUT2D eigenvalue weighted by molar-refractivity contribution is 7.89. The molecule has 0 aliphatic heterocycles. The number of benzene rings is 2. The lowest BCUT2D eigenvalue weighted by atomic mass is 9.99. The fourth-order valence-corrected chi connectivity index (χ4v) is 3.10. The van der Waals surface area contributed by atoms with Gasteiger partial charge >= 0.3 is 5.97 Å². The van der Waals surface area contributed by atoms with E-state index in [2.05, 4.69) is 19.2 Å². The molecule has 2 aromatic carbocycles. The Labute approximate surface area is 170 Å². The van der Waals surface area contributed by atoms with Crippen molar-refractivity contribution in [3.8, 4) is 5.75 Å². The molecule has 0 aliphatic carbocycles. The van der Waals surface area contributed by atoms with Gasteiger partial charge < -0.3 is 14.8 Å². The number of anilines is 1. The zero-order chi connectivity index (χ0) is 21.6. The molecule has 0 heterocycles. The van der Waals surface area contributed by atoms with Crippen LogP contribution < -0.4 is 15.2 Å². The third-order valence-electron chi connectivity index (χ3n) is 4.43. The Morgan fingerprint density at radius 1 is 1.14 bits per heavy atom. The average molecular weight is 420 g/mol. The van der Waals surface area contributed by atoms with E-state index in [1.807, 2.05) is 12.1 Å². The molecule has 0 spiro atoms. The van der Waals surface area contributed by atoms with Crippen molar-refractivity contribution in [3.05, 3.63) is 53.6 Å². The average Bonchev–Trinajstić information content (AvgIpc) is 2.70. The van der Waals surface area contributed by atoms with Crippen LogP contribution in [0.2, 0.25) is 0 Å². The highest BCUT2D eigenvalue weighted by Crippen LogP contribution is 2.23. The molecule has 0 saturated carbocycles. The molecule has 0 bridgehead atoms. The van der Waals surface area contributed by atoms with Gasteiger partial charge in [-0.2, -0.15) is 0 Å². The number of hydrogen-bond acceptors (Lipinski definition) is 6. The van der Waals surface area contributed by atoms with Crippen LogP contribution in [-0.4, -0.2) is 34.0 Å². The summed E-state index contributed by atoms with van der Waals surface area (Å²) >= 11 is 0. The number of rotatable bonds is 8. The molecule has 0 unspecified atom stereocenters. The Bertz CT molecular complexity index is 987. The van der Waals surface area contributed by atoms with Gasteiger partial charge in [-0.05, 0) is 48.2 Å². The van der Waals surface area contributed by atoms with E-state index in [4.69, 9.17) is 14.6 Å². The molecule has 0 aromatic heterocycles. The zero-order valence-electron chi connectivity index (χ0n) is 16.5. The molecular weight excluding hydrogens is 396 g/mol. The Morgan fingerprint density at radius 2 is 1.79 bits per heavy atom. The van der Waals surface area contributed by atoms with Gasteiger partial charge in [0.25, 0.3) is 5.91 Å². The maximum Gasteiger partial charge on any atom is 0.342 e. The number of carbonyl (C=O) groups excluding carboxylic acids is 2. The summed E-state index contributed by atoms with van der Waals surface area (Å²) in [4.78, 5) is 24.1. The lowest BCUT2D eigenvalue weighted by Gasteiger charge is -2.12. The first-order valence-electron chi connectivity index (χ1n) is 8.93. The third-order valence-corrected chi connectivity index (χ3v) is 5.34. The van der Waals surface area contributed by atoms with Crippen LogP contribution >= 0.6 is 0 Å². The lowest BCUT2D eigenvalue weighted by Crippen LogP contribution is -2.21. The standard InChI is InChI=1S/C20H24N2O6S/c1-4-13(2)14-5-7-15(8-6-14)22-19(23)12-28-20(24)17-11-16(29(21,25)26)9-10-18(17)27-3/h5-11,13H,4,12H2,1-3H3,(H,22,23)(H2,21,25,26)/t13-/m1/s1. The van der Waals surface area contributed by atoms with Crippen molar-refractivity contribution in [3.63, 3.8) is 0 Å². The molecule has 0 fully saturated rings. The second-order valence-corrected chi connectivity index (χ2v) is 8.02. The highest BCUT2D eigenvalue weighted by atomic mass is 32.2. The van der Waals surface area contributed by atoms with Crippen molar-refractivity contribution < 1.29 is 27.5 Å². The van der Waals surface area contributed by atoms with Gasteiger partial charge in [0.1, 0.15) is 11.3 Å². The summed E-state index contributed by atoms with van der Waals surface area (Å²) in [5, 5.41) is 7.71. The van der Waals surface area contributed by atoms with E-state index >= 15 is 0 Å². The van der Waals surface area contributed by atoms with E-state index < -0.39 is 28.5 Å². The van der Waals surface area contributed by atoms with Crippen molar-refractivity contribution in [2.75, 3.05) is 19.0 Å². The van der Waals surface area contributed by atoms with E-state index in [0.717, 1.165) is 12.5 Å². The van der Waals surface area contributed by atoms with Crippen molar-refractivity contribution in [1.82, 2.24) is 0 Å². The predicted molar refractivity (Wildman–Crippen MR) is 108 cm³/mol. The molecule has 1 amide bonds. The topological polar surface area (TPSA) is 125 Å². The number of nitrogens with one attached hydrogen (secondary N) is 1.